The number of rotatable bonds is 5. The SMILES string of the molecule is CNC(C)(C)C(=O)Nc1ccc(C(=O)O)c(OC)c1. The minimum absolute atomic E-state index is 0.0494. The average Bonchev–Trinajstić information content (AvgIpc) is 2.38. The van der Waals surface area contributed by atoms with Gasteiger partial charge in [0.25, 0.3) is 0 Å². The smallest absolute Gasteiger partial charge is 0.339 e. The number of hydrogen-bond acceptors (Lipinski definition) is 4. The molecule has 3 N–H and O–H groups in total. The quantitative estimate of drug-likeness (QED) is 0.748. The molecule has 1 aromatic carbocycles. The molecule has 1 rings (SSSR count). The van der Waals surface area contributed by atoms with Gasteiger partial charge in [0.15, 0.2) is 0 Å². The maximum absolute atomic E-state index is 12.0. The van der Waals surface area contributed by atoms with E-state index < -0.39 is 11.5 Å². The van der Waals surface area contributed by atoms with Gasteiger partial charge in [0.2, 0.25) is 5.91 Å². The molecule has 6 nitrogen and oxygen atoms in total. The summed E-state index contributed by atoms with van der Waals surface area (Å²) in [5.74, 6) is -1.10. The monoisotopic (exact) mass is 266 g/mol. The third-order valence-electron chi connectivity index (χ3n) is 2.88. The summed E-state index contributed by atoms with van der Waals surface area (Å²) in [5.41, 5.74) is -0.192. The molecule has 0 atom stereocenters. The van der Waals surface area contributed by atoms with E-state index in [1.165, 1.54) is 25.3 Å². The summed E-state index contributed by atoms with van der Waals surface area (Å²) in [7, 11) is 3.07. The fourth-order valence-corrected chi connectivity index (χ4v) is 1.35. The van der Waals surface area contributed by atoms with Gasteiger partial charge in [0, 0.05) is 11.8 Å². The summed E-state index contributed by atoms with van der Waals surface area (Å²) in [6.45, 7) is 3.48. The Labute approximate surface area is 111 Å². The molecule has 0 radical (unpaired) electrons. The van der Waals surface area contributed by atoms with Crippen LogP contribution in [-0.4, -0.2) is 36.7 Å². The van der Waals surface area contributed by atoms with Crippen LogP contribution in [0, 0.1) is 0 Å². The Morgan fingerprint density at radius 2 is 1.95 bits per heavy atom. The Morgan fingerprint density at radius 3 is 2.42 bits per heavy atom. The first-order chi connectivity index (χ1) is 8.81. The fourth-order valence-electron chi connectivity index (χ4n) is 1.35. The van der Waals surface area contributed by atoms with Crippen LogP contribution >= 0.6 is 0 Å². The Kier molecular flexibility index (Phi) is 4.50. The van der Waals surface area contributed by atoms with Gasteiger partial charge in [-0.3, -0.25) is 4.79 Å². The molecular weight excluding hydrogens is 248 g/mol. The second-order valence-corrected chi connectivity index (χ2v) is 4.55. The predicted octanol–water partition coefficient (Wildman–Crippen LogP) is 1.33. The van der Waals surface area contributed by atoms with E-state index in [1.54, 1.807) is 20.9 Å². The van der Waals surface area contributed by atoms with Crippen molar-refractivity contribution >= 4 is 17.6 Å². The first kappa shape index (κ1) is 15.0. The number of nitrogens with one attached hydrogen (secondary N) is 2. The first-order valence-corrected chi connectivity index (χ1v) is 5.73. The highest BCUT2D eigenvalue weighted by molar-refractivity contribution is 5.98. The molecule has 104 valence electrons. The van der Waals surface area contributed by atoms with E-state index >= 15 is 0 Å². The predicted molar refractivity (Wildman–Crippen MR) is 71.7 cm³/mol. The van der Waals surface area contributed by atoms with E-state index in [2.05, 4.69) is 10.6 Å². The highest BCUT2D eigenvalue weighted by atomic mass is 16.5. The summed E-state index contributed by atoms with van der Waals surface area (Å²) in [5, 5.41) is 14.5. The molecule has 0 saturated heterocycles. The van der Waals surface area contributed by atoms with E-state index in [0.717, 1.165) is 0 Å². The van der Waals surface area contributed by atoms with Crippen LogP contribution < -0.4 is 15.4 Å². The average molecular weight is 266 g/mol. The van der Waals surface area contributed by atoms with Gasteiger partial charge in [-0.2, -0.15) is 0 Å². The number of amides is 1. The van der Waals surface area contributed by atoms with Crippen molar-refractivity contribution in [1.82, 2.24) is 5.32 Å². The second kappa shape index (κ2) is 5.71. The van der Waals surface area contributed by atoms with Crippen molar-refractivity contribution in [3.05, 3.63) is 23.8 Å². The number of aromatic carboxylic acids is 1. The van der Waals surface area contributed by atoms with Gasteiger partial charge in [-0.15, -0.1) is 0 Å². The number of carboxylic acid groups (broad SMARTS) is 1. The number of carbonyl (C=O) groups excluding carboxylic acids is 1. The largest absolute Gasteiger partial charge is 0.496 e. The van der Waals surface area contributed by atoms with Crippen LogP contribution in [0.2, 0.25) is 0 Å². The van der Waals surface area contributed by atoms with Crippen LogP contribution in [0.3, 0.4) is 0 Å². The lowest BCUT2D eigenvalue weighted by molar-refractivity contribution is -0.121. The van der Waals surface area contributed by atoms with Crippen molar-refractivity contribution < 1.29 is 19.4 Å². The lowest BCUT2D eigenvalue weighted by Crippen LogP contribution is -2.47. The lowest BCUT2D eigenvalue weighted by atomic mass is 10.0. The molecule has 19 heavy (non-hydrogen) atoms. The molecule has 0 saturated carbocycles. The number of likely N-dealkylation sites (N-methyl/N-ethyl adjacent to an activating group) is 1. The highest BCUT2D eigenvalue weighted by Gasteiger charge is 2.25. The minimum Gasteiger partial charge on any atom is -0.496 e. The topological polar surface area (TPSA) is 87.7 Å². The molecule has 0 bridgehead atoms. The normalized spacial score (nSPS) is 10.9. The molecule has 0 fully saturated rings. The van der Waals surface area contributed by atoms with Crippen molar-refractivity contribution in [2.75, 3.05) is 19.5 Å². The van der Waals surface area contributed by atoms with Gasteiger partial charge in [-0.25, -0.2) is 4.79 Å². The number of methoxy groups -OCH3 is 1. The minimum atomic E-state index is -1.08. The van der Waals surface area contributed by atoms with E-state index in [0.29, 0.717) is 5.69 Å². The zero-order valence-electron chi connectivity index (χ0n) is 11.4. The van der Waals surface area contributed by atoms with E-state index in [-0.39, 0.29) is 17.2 Å². The molecule has 0 unspecified atom stereocenters. The molecule has 0 aliphatic rings. The van der Waals surface area contributed by atoms with Crippen molar-refractivity contribution in [2.24, 2.45) is 0 Å². The van der Waals surface area contributed by atoms with E-state index in [1.807, 2.05) is 0 Å². The third-order valence-corrected chi connectivity index (χ3v) is 2.88. The van der Waals surface area contributed by atoms with Gasteiger partial charge in [-0.05, 0) is 33.0 Å². The zero-order chi connectivity index (χ0) is 14.6. The Balaban J connectivity index is 2.98. The molecule has 1 aromatic rings. The summed E-state index contributed by atoms with van der Waals surface area (Å²) >= 11 is 0. The number of ether oxygens (including phenoxy) is 1. The van der Waals surface area contributed by atoms with Gasteiger partial charge >= 0.3 is 5.97 Å². The van der Waals surface area contributed by atoms with Crippen LogP contribution in [0.1, 0.15) is 24.2 Å². The summed E-state index contributed by atoms with van der Waals surface area (Å²) in [6.07, 6.45) is 0. The molecule has 0 aliphatic carbocycles. The van der Waals surface area contributed by atoms with Crippen LogP contribution in [0.25, 0.3) is 0 Å². The van der Waals surface area contributed by atoms with Gasteiger partial charge in [0.1, 0.15) is 11.3 Å². The summed E-state index contributed by atoms with van der Waals surface area (Å²) < 4.78 is 4.99. The van der Waals surface area contributed by atoms with E-state index in [9.17, 15) is 9.59 Å². The molecular formula is C13H18N2O4. The maximum Gasteiger partial charge on any atom is 0.339 e. The van der Waals surface area contributed by atoms with Gasteiger partial charge in [-0.1, -0.05) is 0 Å². The Hall–Kier alpha value is -2.08. The van der Waals surface area contributed by atoms with Crippen LogP contribution in [0.5, 0.6) is 5.75 Å². The van der Waals surface area contributed by atoms with Crippen LogP contribution in [0.15, 0.2) is 18.2 Å². The lowest BCUT2D eigenvalue weighted by Gasteiger charge is -2.23. The van der Waals surface area contributed by atoms with Crippen LogP contribution in [0.4, 0.5) is 5.69 Å². The van der Waals surface area contributed by atoms with Crippen LogP contribution in [-0.2, 0) is 4.79 Å². The molecule has 0 spiro atoms. The number of anilines is 1. The molecule has 6 heteroatoms. The Morgan fingerprint density at radius 1 is 1.32 bits per heavy atom. The first-order valence-electron chi connectivity index (χ1n) is 5.73. The number of benzene rings is 1. The van der Waals surface area contributed by atoms with Gasteiger partial charge in [0.05, 0.1) is 12.6 Å². The molecule has 0 aromatic heterocycles. The fraction of sp³-hybridized carbons (Fsp3) is 0.385. The van der Waals surface area contributed by atoms with Crippen molar-refractivity contribution in [2.45, 2.75) is 19.4 Å². The van der Waals surface area contributed by atoms with Gasteiger partial charge < -0.3 is 20.5 Å². The summed E-state index contributed by atoms with van der Waals surface area (Å²) in [6, 6.07) is 4.39. The second-order valence-electron chi connectivity index (χ2n) is 4.55. The number of hydrogen-bond donors (Lipinski definition) is 3. The zero-order valence-corrected chi connectivity index (χ0v) is 11.4. The molecule has 0 heterocycles. The third kappa shape index (κ3) is 3.45. The standard InChI is InChI=1S/C13H18N2O4/c1-13(2,14-3)12(18)15-8-5-6-9(11(16)17)10(7-8)19-4/h5-7,14H,1-4H3,(H,15,18)(H,16,17). The molecule has 0 aliphatic heterocycles. The highest BCUT2D eigenvalue weighted by Crippen LogP contribution is 2.23. The number of carboxylic acids is 1. The summed E-state index contributed by atoms with van der Waals surface area (Å²) in [4.78, 5) is 22.9. The van der Waals surface area contributed by atoms with Crippen molar-refractivity contribution in [3.8, 4) is 5.75 Å². The van der Waals surface area contributed by atoms with Crippen molar-refractivity contribution in [1.29, 1.82) is 0 Å². The number of carbonyl (C=O) groups is 2. The Bertz CT molecular complexity index is 497. The maximum atomic E-state index is 12.0. The van der Waals surface area contributed by atoms with E-state index in [4.69, 9.17) is 9.84 Å². The molecule has 1 amide bonds. The van der Waals surface area contributed by atoms with Crippen molar-refractivity contribution in [3.63, 3.8) is 0 Å².